The zero-order valence-electron chi connectivity index (χ0n) is 14.0. The van der Waals surface area contributed by atoms with Crippen molar-refractivity contribution in [2.24, 2.45) is 0 Å². The van der Waals surface area contributed by atoms with E-state index in [9.17, 15) is 8.42 Å². The Balaban J connectivity index is 1.80. The van der Waals surface area contributed by atoms with Crippen molar-refractivity contribution >= 4 is 26.7 Å². The fourth-order valence-electron chi connectivity index (χ4n) is 3.22. The molecule has 2 aliphatic rings. The minimum absolute atomic E-state index is 0.148. The molecule has 0 spiro atoms. The van der Waals surface area contributed by atoms with E-state index >= 15 is 0 Å². The highest BCUT2D eigenvalue weighted by molar-refractivity contribution is 7.89. The van der Waals surface area contributed by atoms with Crippen LogP contribution in [0.25, 0.3) is 10.9 Å². The third-order valence-electron chi connectivity index (χ3n) is 4.77. The molecule has 2 aromatic rings. The van der Waals surface area contributed by atoms with Gasteiger partial charge in [-0.05, 0) is 50.8 Å². The second-order valence-corrected chi connectivity index (χ2v) is 8.45. The van der Waals surface area contributed by atoms with Gasteiger partial charge in [-0.1, -0.05) is 0 Å². The molecule has 1 saturated carbocycles. The van der Waals surface area contributed by atoms with Crippen LogP contribution >= 0.6 is 0 Å². The first kappa shape index (κ1) is 16.2. The van der Waals surface area contributed by atoms with Crippen molar-refractivity contribution in [1.82, 2.24) is 14.7 Å². The lowest BCUT2D eigenvalue weighted by Gasteiger charge is -2.19. The fourth-order valence-corrected chi connectivity index (χ4v) is 4.62. The van der Waals surface area contributed by atoms with Crippen molar-refractivity contribution in [2.45, 2.75) is 43.0 Å². The summed E-state index contributed by atoms with van der Waals surface area (Å²) in [6, 6.07) is 6.93. The van der Waals surface area contributed by atoms with Crippen LogP contribution < -0.4 is 9.62 Å². The maximum absolute atomic E-state index is 12.7. The van der Waals surface area contributed by atoms with Crippen LogP contribution in [0.3, 0.4) is 0 Å². The Bertz CT molecular complexity index is 986. The summed E-state index contributed by atoms with van der Waals surface area (Å²) in [5, 5.41) is 9.89. The largest absolute Gasteiger partial charge is 0.356 e. The lowest BCUT2D eigenvalue weighted by Crippen LogP contribution is -2.35. The van der Waals surface area contributed by atoms with Crippen LogP contribution in [0, 0.1) is 18.3 Å². The Kier molecular flexibility index (Phi) is 3.67. The molecule has 8 heteroatoms. The number of aryl methyl sites for hydroxylation is 1. The van der Waals surface area contributed by atoms with Crippen LogP contribution in [0.4, 0.5) is 5.82 Å². The first-order valence-corrected chi connectivity index (χ1v) is 9.89. The maximum Gasteiger partial charge on any atom is 0.241 e. The Morgan fingerprint density at radius 3 is 2.60 bits per heavy atom. The molecule has 1 aromatic heterocycles. The number of benzene rings is 1. The van der Waals surface area contributed by atoms with Crippen molar-refractivity contribution in [1.29, 1.82) is 5.26 Å². The topological polar surface area (TPSA) is 99.0 Å². The number of hydrogen-bond donors (Lipinski definition) is 1. The monoisotopic (exact) mass is 357 g/mol. The van der Waals surface area contributed by atoms with E-state index in [1.165, 1.54) is 0 Å². The molecule has 130 valence electrons. The first-order valence-electron chi connectivity index (χ1n) is 8.41. The number of nitriles is 1. The van der Waals surface area contributed by atoms with Crippen LogP contribution in [0.5, 0.6) is 0 Å². The molecule has 0 unspecified atom stereocenters. The molecule has 0 bridgehead atoms. The summed E-state index contributed by atoms with van der Waals surface area (Å²) in [6.45, 7) is 3.67. The van der Waals surface area contributed by atoms with Gasteiger partial charge in [0.1, 0.15) is 17.2 Å². The van der Waals surface area contributed by atoms with E-state index in [1.54, 1.807) is 18.2 Å². The molecule has 0 atom stereocenters. The van der Waals surface area contributed by atoms with Crippen LogP contribution in [0.15, 0.2) is 23.1 Å². The molecule has 25 heavy (non-hydrogen) atoms. The average Bonchev–Trinajstić information content (AvgIpc) is 3.13. The molecule has 1 N–H and O–H groups in total. The average molecular weight is 357 g/mol. The maximum atomic E-state index is 12.7. The van der Waals surface area contributed by atoms with Crippen molar-refractivity contribution in [2.75, 3.05) is 18.0 Å². The molecule has 1 aliphatic heterocycles. The number of nitrogens with zero attached hydrogens (tertiary/aromatic N) is 4. The second-order valence-electron chi connectivity index (χ2n) is 6.77. The standard InChI is InChI=1S/C17H19N5O2S/c1-12-19-15-5-4-13(25(23,24)21-17(11-18)6-7-17)10-14(15)16(20-12)22-8-2-3-9-22/h4-5,10,21H,2-3,6-9H2,1H3. The summed E-state index contributed by atoms with van der Waals surface area (Å²) < 4.78 is 27.9. The molecule has 1 aromatic carbocycles. The van der Waals surface area contributed by atoms with Gasteiger partial charge in [0, 0.05) is 18.5 Å². The highest BCUT2D eigenvalue weighted by Gasteiger charge is 2.46. The molecule has 1 aliphatic carbocycles. The van der Waals surface area contributed by atoms with E-state index in [0.717, 1.165) is 42.7 Å². The number of rotatable bonds is 4. The summed E-state index contributed by atoms with van der Waals surface area (Å²) in [5.41, 5.74) is -0.204. The van der Waals surface area contributed by atoms with Crippen LogP contribution in [0.2, 0.25) is 0 Å². The zero-order chi connectivity index (χ0) is 17.7. The molecule has 4 rings (SSSR count). The summed E-state index contributed by atoms with van der Waals surface area (Å²) >= 11 is 0. The number of nitrogens with one attached hydrogen (secondary N) is 1. The minimum Gasteiger partial charge on any atom is -0.356 e. The van der Waals surface area contributed by atoms with Gasteiger partial charge in [-0.15, -0.1) is 0 Å². The summed E-state index contributed by atoms with van der Waals surface area (Å²) in [5.74, 6) is 1.46. The fraction of sp³-hybridized carbons (Fsp3) is 0.471. The molecular formula is C17H19N5O2S. The number of anilines is 1. The number of sulfonamides is 1. The molecular weight excluding hydrogens is 338 g/mol. The number of fused-ring (bicyclic) bond motifs is 1. The lowest BCUT2D eigenvalue weighted by molar-refractivity contribution is 0.571. The van der Waals surface area contributed by atoms with Crippen molar-refractivity contribution in [3.63, 3.8) is 0 Å². The smallest absolute Gasteiger partial charge is 0.241 e. The van der Waals surface area contributed by atoms with E-state index in [0.29, 0.717) is 18.7 Å². The molecule has 2 fully saturated rings. The number of aromatic nitrogens is 2. The van der Waals surface area contributed by atoms with Gasteiger partial charge < -0.3 is 4.90 Å². The Morgan fingerprint density at radius 2 is 1.96 bits per heavy atom. The summed E-state index contributed by atoms with van der Waals surface area (Å²) in [4.78, 5) is 11.3. The van der Waals surface area contributed by atoms with Gasteiger partial charge in [-0.3, -0.25) is 0 Å². The highest BCUT2D eigenvalue weighted by atomic mass is 32.2. The minimum atomic E-state index is -3.76. The second kappa shape index (κ2) is 5.64. The lowest BCUT2D eigenvalue weighted by atomic mass is 10.2. The van der Waals surface area contributed by atoms with E-state index in [4.69, 9.17) is 5.26 Å². The highest BCUT2D eigenvalue weighted by Crippen LogP contribution is 2.36. The predicted molar refractivity (Wildman–Crippen MR) is 93.6 cm³/mol. The Labute approximate surface area is 146 Å². The SMILES string of the molecule is Cc1nc(N2CCCC2)c2cc(S(=O)(=O)NC3(C#N)CC3)ccc2n1. The van der Waals surface area contributed by atoms with Gasteiger partial charge in [-0.2, -0.15) is 9.98 Å². The quantitative estimate of drug-likeness (QED) is 0.897. The van der Waals surface area contributed by atoms with E-state index in [2.05, 4.69) is 25.7 Å². The zero-order valence-corrected chi connectivity index (χ0v) is 14.8. The third-order valence-corrected chi connectivity index (χ3v) is 6.30. The normalized spacial score (nSPS) is 19.1. The van der Waals surface area contributed by atoms with Crippen LogP contribution in [0.1, 0.15) is 31.5 Å². The van der Waals surface area contributed by atoms with Gasteiger partial charge in [0.25, 0.3) is 0 Å². The summed E-state index contributed by atoms with van der Waals surface area (Å²) in [6.07, 6.45) is 3.32. The first-order chi connectivity index (χ1) is 11.9. The molecule has 1 saturated heterocycles. The van der Waals surface area contributed by atoms with Gasteiger partial charge in [0.15, 0.2) is 0 Å². The van der Waals surface area contributed by atoms with Crippen molar-refractivity contribution in [3.05, 3.63) is 24.0 Å². The molecule has 0 radical (unpaired) electrons. The van der Waals surface area contributed by atoms with E-state index < -0.39 is 15.6 Å². The Hall–Kier alpha value is -2.24. The molecule has 7 nitrogen and oxygen atoms in total. The Morgan fingerprint density at radius 1 is 1.24 bits per heavy atom. The van der Waals surface area contributed by atoms with Crippen LogP contribution in [-0.4, -0.2) is 37.0 Å². The van der Waals surface area contributed by atoms with Crippen LogP contribution in [-0.2, 0) is 10.0 Å². The van der Waals surface area contributed by atoms with Gasteiger partial charge in [0.2, 0.25) is 10.0 Å². The van der Waals surface area contributed by atoms with Crippen molar-refractivity contribution < 1.29 is 8.42 Å². The number of hydrogen-bond acceptors (Lipinski definition) is 6. The predicted octanol–water partition coefficient (Wildman–Crippen LogP) is 1.87. The summed E-state index contributed by atoms with van der Waals surface area (Å²) in [7, 11) is -3.76. The van der Waals surface area contributed by atoms with Crippen molar-refractivity contribution in [3.8, 4) is 6.07 Å². The van der Waals surface area contributed by atoms with Gasteiger partial charge in [0.05, 0.1) is 16.5 Å². The van der Waals surface area contributed by atoms with E-state index in [-0.39, 0.29) is 4.90 Å². The molecule has 2 heterocycles. The molecule has 0 amide bonds. The van der Waals surface area contributed by atoms with E-state index in [1.807, 2.05) is 6.92 Å². The van der Waals surface area contributed by atoms with Gasteiger partial charge >= 0.3 is 0 Å². The third kappa shape index (κ3) is 2.94. The van der Waals surface area contributed by atoms with Gasteiger partial charge in [-0.25, -0.2) is 18.4 Å².